The normalized spacial score (nSPS) is 13.2. The number of rotatable bonds is 29. The van der Waals surface area contributed by atoms with Crippen molar-refractivity contribution in [1.82, 2.24) is 11.0 Å². The van der Waals surface area contributed by atoms with Crippen molar-refractivity contribution in [3.63, 3.8) is 0 Å². The number of hydroxylamine groups is 2. The molecule has 7 nitrogen and oxygen atoms in total. The van der Waals surface area contributed by atoms with Gasteiger partial charge in [0.1, 0.15) is 6.10 Å². The van der Waals surface area contributed by atoms with E-state index in [0.717, 1.165) is 25.7 Å². The lowest BCUT2D eigenvalue weighted by atomic mass is 10.1. The van der Waals surface area contributed by atoms with E-state index in [1.165, 1.54) is 103 Å². The highest BCUT2D eigenvalue weighted by atomic mass is 16.7. The van der Waals surface area contributed by atoms with Gasteiger partial charge in [-0.25, -0.2) is 15.8 Å². The molecule has 0 aromatic rings. The zero-order chi connectivity index (χ0) is 25.8. The van der Waals surface area contributed by atoms with Crippen LogP contribution in [0.4, 0.5) is 0 Å². The summed E-state index contributed by atoms with van der Waals surface area (Å²) in [6.07, 6.45) is 22.8. The SMILES string of the molecule is CCCCCCCCCCCCNOC(CO)C(ONCCCCCCCCCCCC)C(=O)O. The van der Waals surface area contributed by atoms with Gasteiger partial charge >= 0.3 is 5.97 Å². The minimum atomic E-state index is -1.26. The summed E-state index contributed by atoms with van der Waals surface area (Å²) in [5.74, 6) is -1.15. The molecule has 0 bridgehead atoms. The Morgan fingerprint density at radius 2 is 0.943 bits per heavy atom. The van der Waals surface area contributed by atoms with Crippen LogP contribution in [0, 0.1) is 0 Å². The molecule has 2 unspecified atom stereocenters. The smallest absolute Gasteiger partial charge is 0.337 e. The predicted octanol–water partition coefficient (Wildman–Crippen LogP) is 6.68. The zero-order valence-electron chi connectivity index (χ0n) is 23.0. The molecule has 0 amide bonds. The maximum Gasteiger partial charge on any atom is 0.337 e. The molecule has 0 aromatic carbocycles. The zero-order valence-corrected chi connectivity index (χ0v) is 23.0. The standard InChI is InChI=1S/C28H58N2O5/c1-3-5-7-9-11-13-15-17-19-21-23-29-34-26(25-31)27(28(32)33)35-30-24-22-20-18-16-14-12-10-8-6-4-2/h26-27,29-31H,3-25H2,1-2H3,(H,32,33). The molecule has 0 aliphatic carbocycles. The number of unbranched alkanes of at least 4 members (excludes halogenated alkanes) is 18. The number of carboxylic acids is 1. The molecule has 4 N–H and O–H groups in total. The fourth-order valence-corrected chi connectivity index (χ4v) is 4.16. The third-order valence-electron chi connectivity index (χ3n) is 6.47. The van der Waals surface area contributed by atoms with Crippen LogP contribution in [-0.2, 0) is 14.5 Å². The average molecular weight is 503 g/mol. The van der Waals surface area contributed by atoms with Crippen LogP contribution in [0.15, 0.2) is 0 Å². The fraction of sp³-hybridized carbons (Fsp3) is 0.964. The Morgan fingerprint density at radius 1 is 0.600 bits per heavy atom. The molecule has 7 heteroatoms. The fourth-order valence-electron chi connectivity index (χ4n) is 4.16. The molecule has 0 aliphatic heterocycles. The van der Waals surface area contributed by atoms with E-state index >= 15 is 0 Å². The summed E-state index contributed by atoms with van der Waals surface area (Å²) >= 11 is 0. The Labute approximate surface area is 216 Å². The van der Waals surface area contributed by atoms with E-state index in [0.29, 0.717) is 13.1 Å². The van der Waals surface area contributed by atoms with E-state index in [2.05, 4.69) is 24.8 Å². The number of aliphatic hydroxyl groups is 1. The van der Waals surface area contributed by atoms with Crippen molar-refractivity contribution >= 4 is 5.97 Å². The largest absolute Gasteiger partial charge is 0.479 e. The molecular formula is C28H58N2O5. The minimum absolute atomic E-state index is 0.429. The van der Waals surface area contributed by atoms with E-state index < -0.39 is 24.8 Å². The van der Waals surface area contributed by atoms with Crippen LogP contribution in [0.1, 0.15) is 142 Å². The molecular weight excluding hydrogens is 444 g/mol. The summed E-state index contributed by atoms with van der Waals surface area (Å²) in [7, 11) is 0. The van der Waals surface area contributed by atoms with Gasteiger partial charge < -0.3 is 10.2 Å². The quantitative estimate of drug-likeness (QED) is 0.0668. The van der Waals surface area contributed by atoms with Crippen LogP contribution in [0.2, 0.25) is 0 Å². The van der Waals surface area contributed by atoms with Crippen molar-refractivity contribution < 1.29 is 24.7 Å². The van der Waals surface area contributed by atoms with Crippen LogP contribution in [0.5, 0.6) is 0 Å². The Balaban J connectivity index is 3.72. The van der Waals surface area contributed by atoms with Gasteiger partial charge in [0.05, 0.1) is 6.61 Å². The van der Waals surface area contributed by atoms with Crippen LogP contribution in [0.3, 0.4) is 0 Å². The van der Waals surface area contributed by atoms with Gasteiger partial charge in [0.2, 0.25) is 6.10 Å². The van der Waals surface area contributed by atoms with Crippen LogP contribution < -0.4 is 11.0 Å². The highest BCUT2D eigenvalue weighted by molar-refractivity contribution is 5.73. The van der Waals surface area contributed by atoms with Gasteiger partial charge in [-0.05, 0) is 12.8 Å². The second kappa shape index (κ2) is 27.9. The Morgan fingerprint density at radius 3 is 1.29 bits per heavy atom. The summed E-state index contributed by atoms with van der Waals surface area (Å²) in [4.78, 5) is 22.3. The summed E-state index contributed by atoms with van der Waals surface area (Å²) < 4.78 is 0. The van der Waals surface area contributed by atoms with Gasteiger partial charge in [-0.1, -0.05) is 129 Å². The van der Waals surface area contributed by atoms with E-state index in [1.807, 2.05) is 0 Å². The molecule has 0 spiro atoms. The van der Waals surface area contributed by atoms with E-state index in [-0.39, 0.29) is 0 Å². The van der Waals surface area contributed by atoms with Gasteiger partial charge in [-0.3, -0.25) is 9.68 Å². The molecule has 210 valence electrons. The van der Waals surface area contributed by atoms with Crippen molar-refractivity contribution in [3.05, 3.63) is 0 Å². The number of nitrogens with one attached hydrogen (secondary N) is 2. The summed E-state index contributed by atoms with van der Waals surface area (Å²) in [5.41, 5.74) is 5.57. The first-order valence-corrected chi connectivity index (χ1v) is 14.8. The first-order chi connectivity index (χ1) is 17.2. The molecule has 0 rings (SSSR count). The lowest BCUT2D eigenvalue weighted by Crippen LogP contribution is -2.46. The predicted molar refractivity (Wildman–Crippen MR) is 144 cm³/mol. The second-order valence-electron chi connectivity index (χ2n) is 9.87. The van der Waals surface area contributed by atoms with Crippen LogP contribution in [-0.4, -0.2) is 48.1 Å². The lowest BCUT2D eigenvalue weighted by Gasteiger charge is -2.22. The molecule has 0 fully saturated rings. The molecule has 0 aliphatic rings. The molecule has 0 heterocycles. The van der Waals surface area contributed by atoms with Gasteiger partial charge in [-0.2, -0.15) is 0 Å². The second-order valence-corrected chi connectivity index (χ2v) is 9.87. The highest BCUT2D eigenvalue weighted by Gasteiger charge is 2.30. The molecule has 0 saturated heterocycles. The maximum absolute atomic E-state index is 11.6. The van der Waals surface area contributed by atoms with Crippen LogP contribution in [0.25, 0.3) is 0 Å². The highest BCUT2D eigenvalue weighted by Crippen LogP contribution is 2.11. The monoisotopic (exact) mass is 502 g/mol. The van der Waals surface area contributed by atoms with Gasteiger partial charge in [0.25, 0.3) is 0 Å². The Hall–Kier alpha value is -0.730. The average Bonchev–Trinajstić information content (AvgIpc) is 2.85. The number of hydrogen-bond donors (Lipinski definition) is 4. The van der Waals surface area contributed by atoms with Crippen molar-refractivity contribution in [2.75, 3.05) is 19.7 Å². The Kier molecular flexibility index (Phi) is 27.3. The number of hydrogen-bond acceptors (Lipinski definition) is 6. The van der Waals surface area contributed by atoms with Gasteiger partial charge in [0, 0.05) is 13.1 Å². The van der Waals surface area contributed by atoms with E-state index in [1.54, 1.807) is 0 Å². The molecule has 0 radical (unpaired) electrons. The summed E-state index contributed by atoms with van der Waals surface area (Å²) in [6.45, 7) is 5.27. The van der Waals surface area contributed by atoms with Crippen molar-refractivity contribution in [2.24, 2.45) is 0 Å². The first kappa shape index (κ1) is 34.3. The topological polar surface area (TPSA) is 100 Å². The third kappa shape index (κ3) is 23.4. The number of aliphatic carboxylic acids is 1. The van der Waals surface area contributed by atoms with Crippen molar-refractivity contribution in [2.45, 2.75) is 154 Å². The van der Waals surface area contributed by atoms with Crippen molar-refractivity contribution in [1.29, 1.82) is 0 Å². The van der Waals surface area contributed by atoms with Gasteiger partial charge in [-0.15, -0.1) is 0 Å². The van der Waals surface area contributed by atoms with Crippen LogP contribution >= 0.6 is 0 Å². The number of carbonyl (C=O) groups is 1. The molecule has 0 saturated carbocycles. The minimum Gasteiger partial charge on any atom is -0.479 e. The lowest BCUT2D eigenvalue weighted by molar-refractivity contribution is -0.184. The van der Waals surface area contributed by atoms with Gasteiger partial charge in [0.15, 0.2) is 0 Å². The number of carboxylic acid groups (broad SMARTS) is 1. The van der Waals surface area contributed by atoms with Crippen molar-refractivity contribution in [3.8, 4) is 0 Å². The third-order valence-corrected chi connectivity index (χ3v) is 6.47. The summed E-state index contributed by atoms with van der Waals surface area (Å²) in [5, 5.41) is 19.0. The maximum atomic E-state index is 11.6. The van der Waals surface area contributed by atoms with E-state index in [9.17, 15) is 15.0 Å². The van der Waals surface area contributed by atoms with E-state index in [4.69, 9.17) is 9.68 Å². The first-order valence-electron chi connectivity index (χ1n) is 14.8. The summed E-state index contributed by atoms with van der Waals surface area (Å²) in [6, 6.07) is 0. The Bertz CT molecular complexity index is 440. The molecule has 2 atom stereocenters. The number of aliphatic hydroxyl groups excluding tert-OH is 1. The molecule has 35 heavy (non-hydrogen) atoms. The molecule has 0 aromatic heterocycles.